The Balaban J connectivity index is 2.09. The summed E-state index contributed by atoms with van der Waals surface area (Å²) in [6.07, 6.45) is 6.04. The van der Waals surface area contributed by atoms with Crippen LogP contribution in [0.15, 0.2) is 56.8 Å². The van der Waals surface area contributed by atoms with Crippen LogP contribution in [0.1, 0.15) is 39.2 Å². The summed E-state index contributed by atoms with van der Waals surface area (Å²) in [5.74, 6) is -1.48. The zero-order valence-corrected chi connectivity index (χ0v) is 19.1. The number of ether oxygens (including phenoxy) is 1. The number of rotatable bonds is 7. The Morgan fingerprint density at radius 2 is 1.73 bits per heavy atom. The van der Waals surface area contributed by atoms with E-state index in [0.717, 1.165) is 18.4 Å². The fraction of sp³-hybridized carbons (Fsp3) is 0.269. The fourth-order valence-corrected chi connectivity index (χ4v) is 3.55. The summed E-state index contributed by atoms with van der Waals surface area (Å²) in [4.78, 5) is 13.2. The average molecular weight is 453 g/mol. The first-order chi connectivity index (χ1) is 15.6. The van der Waals surface area contributed by atoms with E-state index in [1.165, 1.54) is 36.9 Å². The van der Waals surface area contributed by atoms with Crippen LogP contribution in [-0.4, -0.2) is 27.5 Å². The maximum absolute atomic E-state index is 13.2. The third-order valence-corrected chi connectivity index (χ3v) is 5.39. The van der Waals surface area contributed by atoms with Crippen molar-refractivity contribution < 1.29 is 29.6 Å². The minimum absolute atomic E-state index is 0.00753. The van der Waals surface area contributed by atoms with E-state index < -0.39 is 11.2 Å². The second-order valence-electron chi connectivity index (χ2n) is 8.17. The van der Waals surface area contributed by atoms with Gasteiger partial charge in [0.15, 0.2) is 17.3 Å². The lowest BCUT2D eigenvalue weighted by atomic mass is 10.0. The Hall–Kier alpha value is -3.87. The maximum atomic E-state index is 13.2. The molecule has 0 saturated heterocycles. The lowest BCUT2D eigenvalue weighted by Gasteiger charge is -2.13. The van der Waals surface area contributed by atoms with E-state index in [0.29, 0.717) is 0 Å². The van der Waals surface area contributed by atoms with Crippen LogP contribution in [-0.2, 0) is 6.42 Å². The molecule has 1 heterocycles. The first-order valence-corrected chi connectivity index (χ1v) is 10.5. The molecule has 1 aromatic heterocycles. The van der Waals surface area contributed by atoms with Gasteiger partial charge in [0.25, 0.3) is 0 Å². The van der Waals surface area contributed by atoms with E-state index in [2.05, 4.69) is 6.08 Å². The van der Waals surface area contributed by atoms with Gasteiger partial charge < -0.3 is 29.6 Å². The molecule has 3 rings (SSSR count). The highest BCUT2D eigenvalue weighted by Crippen LogP contribution is 2.40. The number of phenols is 4. The summed E-state index contributed by atoms with van der Waals surface area (Å²) in [6, 6.07) is 5.19. The molecule has 3 aromatic rings. The molecule has 0 aliphatic rings. The zero-order chi connectivity index (χ0) is 24.3. The number of benzene rings is 2. The van der Waals surface area contributed by atoms with E-state index in [4.69, 9.17) is 9.15 Å². The van der Waals surface area contributed by atoms with Gasteiger partial charge in [-0.2, -0.15) is 0 Å². The molecule has 0 aliphatic carbocycles. The van der Waals surface area contributed by atoms with Crippen LogP contribution >= 0.6 is 0 Å². The Bertz CT molecular complexity index is 1310. The molecule has 0 fully saturated rings. The largest absolute Gasteiger partial charge is 0.507 e. The van der Waals surface area contributed by atoms with Crippen molar-refractivity contribution in [2.75, 3.05) is 7.11 Å². The van der Waals surface area contributed by atoms with Crippen LogP contribution in [0.25, 0.3) is 22.3 Å². The molecule has 0 aliphatic heterocycles. The van der Waals surface area contributed by atoms with Gasteiger partial charge in [0.2, 0.25) is 11.2 Å². The van der Waals surface area contributed by atoms with Gasteiger partial charge in [-0.3, -0.25) is 4.79 Å². The van der Waals surface area contributed by atoms with Gasteiger partial charge in [0.05, 0.1) is 7.11 Å². The number of allylic oxidation sites excluding steroid dienone is 4. The first kappa shape index (κ1) is 23.8. The van der Waals surface area contributed by atoms with Crippen LogP contribution in [0.3, 0.4) is 0 Å². The van der Waals surface area contributed by atoms with Gasteiger partial charge in [-0.15, -0.1) is 0 Å². The van der Waals surface area contributed by atoms with Crippen molar-refractivity contribution in [3.63, 3.8) is 0 Å². The van der Waals surface area contributed by atoms with E-state index in [1.807, 2.05) is 26.8 Å². The molecule has 4 N–H and O–H groups in total. The summed E-state index contributed by atoms with van der Waals surface area (Å²) < 4.78 is 11.1. The maximum Gasteiger partial charge on any atom is 0.239 e. The van der Waals surface area contributed by atoms with Gasteiger partial charge >= 0.3 is 0 Å². The number of aromatic hydroxyl groups is 4. The number of hydrogen-bond acceptors (Lipinski definition) is 7. The average Bonchev–Trinajstić information content (AvgIpc) is 2.74. The Kier molecular flexibility index (Phi) is 7.01. The van der Waals surface area contributed by atoms with Crippen LogP contribution < -0.4 is 10.2 Å². The number of phenolic OH excluding ortho intramolecular Hbond substituents is 4. The molecule has 0 saturated carbocycles. The second kappa shape index (κ2) is 9.73. The van der Waals surface area contributed by atoms with Crippen molar-refractivity contribution in [1.29, 1.82) is 0 Å². The van der Waals surface area contributed by atoms with Crippen molar-refractivity contribution in [2.24, 2.45) is 0 Å². The fourth-order valence-electron chi connectivity index (χ4n) is 3.55. The van der Waals surface area contributed by atoms with Crippen molar-refractivity contribution >= 4 is 11.0 Å². The standard InChI is InChI=1S/C26H28O7/c1-14(2)6-5-7-15(3)8-10-17-19(28)13-21-22(23(17)30)24(31)26(32-4)25(33-21)16-9-11-18(27)20(29)12-16/h6,8-9,11-13,27-30H,5,7,10H2,1-4H3/b15-8-. The van der Waals surface area contributed by atoms with Gasteiger partial charge in [-0.25, -0.2) is 0 Å². The van der Waals surface area contributed by atoms with Crippen molar-refractivity contribution in [1.82, 2.24) is 0 Å². The monoisotopic (exact) mass is 452 g/mol. The number of methoxy groups -OCH3 is 1. The highest BCUT2D eigenvalue weighted by molar-refractivity contribution is 5.90. The second-order valence-corrected chi connectivity index (χ2v) is 8.17. The van der Waals surface area contributed by atoms with Crippen LogP contribution in [0, 0.1) is 0 Å². The lowest BCUT2D eigenvalue weighted by molar-refractivity contribution is 0.395. The Morgan fingerprint density at radius 1 is 1.00 bits per heavy atom. The lowest BCUT2D eigenvalue weighted by Crippen LogP contribution is -2.08. The molecule has 7 nitrogen and oxygen atoms in total. The van der Waals surface area contributed by atoms with E-state index in [1.54, 1.807) is 0 Å². The predicted molar refractivity (Wildman–Crippen MR) is 127 cm³/mol. The topological polar surface area (TPSA) is 120 Å². The summed E-state index contributed by atoms with van der Waals surface area (Å²) in [5, 5.41) is 40.7. The number of hydrogen-bond donors (Lipinski definition) is 4. The molecule has 0 amide bonds. The predicted octanol–water partition coefficient (Wildman–Crippen LogP) is 5.53. The molecule has 0 radical (unpaired) electrons. The Labute approximate surface area is 191 Å². The van der Waals surface area contributed by atoms with Gasteiger partial charge in [-0.05, 0) is 58.2 Å². The highest BCUT2D eigenvalue weighted by atomic mass is 16.5. The molecular formula is C26H28O7. The molecule has 33 heavy (non-hydrogen) atoms. The summed E-state index contributed by atoms with van der Waals surface area (Å²) in [6.45, 7) is 6.06. The quantitative estimate of drug-likeness (QED) is 0.275. The normalized spacial score (nSPS) is 11.6. The van der Waals surface area contributed by atoms with Gasteiger partial charge in [0, 0.05) is 17.2 Å². The molecule has 0 atom stereocenters. The van der Waals surface area contributed by atoms with Crippen molar-refractivity contribution in [3.05, 3.63) is 63.4 Å². The summed E-state index contributed by atoms with van der Waals surface area (Å²) in [7, 11) is 1.29. The van der Waals surface area contributed by atoms with E-state index in [9.17, 15) is 25.2 Å². The number of fused-ring (bicyclic) bond motifs is 1. The molecule has 0 bridgehead atoms. The van der Waals surface area contributed by atoms with Crippen molar-refractivity contribution in [2.45, 2.75) is 40.0 Å². The van der Waals surface area contributed by atoms with E-state index >= 15 is 0 Å². The van der Waals surface area contributed by atoms with Crippen molar-refractivity contribution in [3.8, 4) is 40.1 Å². The minimum Gasteiger partial charge on any atom is -0.507 e. The van der Waals surface area contributed by atoms with Crippen LogP contribution in [0.5, 0.6) is 28.7 Å². The first-order valence-electron chi connectivity index (χ1n) is 10.5. The molecule has 2 aromatic carbocycles. The van der Waals surface area contributed by atoms with E-state index in [-0.39, 0.29) is 57.3 Å². The third kappa shape index (κ3) is 4.98. The highest BCUT2D eigenvalue weighted by Gasteiger charge is 2.23. The SMILES string of the molecule is COc1c(-c2ccc(O)c(O)c2)oc2cc(O)c(C/C=C(/C)CCC=C(C)C)c(O)c2c1=O. The molecular weight excluding hydrogens is 424 g/mol. The molecule has 7 heteroatoms. The summed E-state index contributed by atoms with van der Waals surface area (Å²) >= 11 is 0. The molecule has 174 valence electrons. The smallest absolute Gasteiger partial charge is 0.239 e. The zero-order valence-electron chi connectivity index (χ0n) is 19.1. The van der Waals surface area contributed by atoms with Gasteiger partial charge in [0.1, 0.15) is 22.5 Å². The van der Waals surface area contributed by atoms with Gasteiger partial charge in [-0.1, -0.05) is 23.3 Å². The molecule has 0 unspecified atom stereocenters. The Morgan fingerprint density at radius 3 is 2.36 bits per heavy atom. The van der Waals surface area contributed by atoms with Crippen LogP contribution in [0.2, 0.25) is 0 Å². The minimum atomic E-state index is -0.621. The molecule has 0 spiro atoms. The summed E-state index contributed by atoms with van der Waals surface area (Å²) in [5.41, 5.74) is 2.18. The third-order valence-electron chi connectivity index (χ3n) is 5.39. The van der Waals surface area contributed by atoms with Crippen LogP contribution in [0.4, 0.5) is 0 Å².